The molecule has 0 bridgehead atoms. The van der Waals surface area contributed by atoms with E-state index in [-0.39, 0.29) is 11.7 Å². The number of carbonyl (C=O) groups is 1. The summed E-state index contributed by atoms with van der Waals surface area (Å²) in [4.78, 5) is 12.3. The van der Waals surface area contributed by atoms with Crippen LogP contribution < -0.4 is 0 Å². The van der Waals surface area contributed by atoms with Gasteiger partial charge in [-0.1, -0.05) is 0 Å². The number of ketones is 1. The van der Waals surface area contributed by atoms with E-state index in [0.29, 0.717) is 13.2 Å². The van der Waals surface area contributed by atoms with Crippen molar-refractivity contribution >= 4 is 5.78 Å². The van der Waals surface area contributed by atoms with Crippen molar-refractivity contribution in [2.75, 3.05) is 13.2 Å². The third-order valence-corrected chi connectivity index (χ3v) is 3.05. The Balaban J connectivity index is 2.18. The van der Waals surface area contributed by atoms with Gasteiger partial charge in [0, 0.05) is 25.7 Å². The number of hydrogen-bond donors (Lipinski definition) is 0. The van der Waals surface area contributed by atoms with Crippen LogP contribution in [0.15, 0.2) is 6.07 Å². The Morgan fingerprint density at radius 2 is 2.25 bits per heavy atom. The highest BCUT2D eigenvalue weighted by molar-refractivity contribution is 5.96. The maximum atomic E-state index is 12.3. The molecule has 0 unspecified atom stereocenters. The third kappa shape index (κ3) is 2.16. The molecule has 2 rings (SSSR count). The number of carbonyl (C=O) groups excluding carboxylic acids is 1. The smallest absolute Gasteiger partial charge is 0.184 e. The molecular formula is C12H18N2O2. The second-order valence-corrected chi connectivity index (χ2v) is 4.24. The van der Waals surface area contributed by atoms with E-state index in [0.717, 1.165) is 30.8 Å². The molecule has 1 aliphatic rings. The summed E-state index contributed by atoms with van der Waals surface area (Å²) in [5.74, 6) is 0.348. The molecule has 0 amide bonds. The average molecular weight is 222 g/mol. The predicted octanol–water partition coefficient (Wildman–Crippen LogP) is 1.82. The average Bonchev–Trinajstić information content (AvgIpc) is 2.70. The van der Waals surface area contributed by atoms with Crippen molar-refractivity contribution < 1.29 is 9.53 Å². The lowest BCUT2D eigenvalue weighted by Gasteiger charge is -2.20. The van der Waals surface area contributed by atoms with Crippen LogP contribution in [0.4, 0.5) is 0 Å². The van der Waals surface area contributed by atoms with Gasteiger partial charge in [0.25, 0.3) is 0 Å². The van der Waals surface area contributed by atoms with E-state index in [1.54, 1.807) is 4.68 Å². The zero-order valence-corrected chi connectivity index (χ0v) is 9.90. The molecule has 1 aromatic heterocycles. The second-order valence-electron chi connectivity index (χ2n) is 4.24. The molecule has 0 radical (unpaired) electrons. The van der Waals surface area contributed by atoms with E-state index in [4.69, 9.17) is 4.74 Å². The highest BCUT2D eigenvalue weighted by Crippen LogP contribution is 2.20. The summed E-state index contributed by atoms with van der Waals surface area (Å²) in [6.45, 7) is 6.09. The summed E-state index contributed by atoms with van der Waals surface area (Å²) in [6.07, 6.45) is 1.68. The standard InChI is InChI=1S/C12H18N2O2/c1-3-14-11(8-9(2)13-14)12(15)10-4-6-16-7-5-10/h8,10H,3-7H2,1-2H3. The van der Waals surface area contributed by atoms with Crippen LogP contribution in [0.25, 0.3) is 0 Å². The van der Waals surface area contributed by atoms with Gasteiger partial charge in [-0.05, 0) is 32.8 Å². The largest absolute Gasteiger partial charge is 0.381 e. The minimum absolute atomic E-state index is 0.121. The van der Waals surface area contributed by atoms with E-state index < -0.39 is 0 Å². The zero-order valence-electron chi connectivity index (χ0n) is 9.90. The Morgan fingerprint density at radius 3 is 2.88 bits per heavy atom. The highest BCUT2D eigenvalue weighted by atomic mass is 16.5. The number of hydrogen-bond acceptors (Lipinski definition) is 3. The summed E-state index contributed by atoms with van der Waals surface area (Å²) in [5.41, 5.74) is 1.67. The lowest BCUT2D eigenvalue weighted by atomic mass is 9.93. The van der Waals surface area contributed by atoms with Crippen LogP contribution in [-0.4, -0.2) is 28.8 Å². The van der Waals surface area contributed by atoms with Crippen molar-refractivity contribution in [2.24, 2.45) is 5.92 Å². The number of nitrogens with zero attached hydrogens (tertiary/aromatic N) is 2. The summed E-state index contributed by atoms with van der Waals surface area (Å²) in [5, 5.41) is 4.31. The van der Waals surface area contributed by atoms with E-state index in [1.807, 2.05) is 19.9 Å². The van der Waals surface area contributed by atoms with Crippen molar-refractivity contribution in [3.8, 4) is 0 Å². The summed E-state index contributed by atoms with van der Waals surface area (Å²) in [7, 11) is 0. The van der Waals surface area contributed by atoms with Crippen LogP contribution in [-0.2, 0) is 11.3 Å². The van der Waals surface area contributed by atoms with Crippen molar-refractivity contribution in [3.05, 3.63) is 17.5 Å². The molecule has 0 spiro atoms. The van der Waals surface area contributed by atoms with Gasteiger partial charge in [-0.15, -0.1) is 0 Å². The first-order valence-electron chi connectivity index (χ1n) is 5.88. The minimum atomic E-state index is 0.121. The molecule has 4 nitrogen and oxygen atoms in total. The number of aromatic nitrogens is 2. The SMILES string of the molecule is CCn1nc(C)cc1C(=O)C1CCOCC1. The molecule has 0 aliphatic carbocycles. The Bertz CT molecular complexity index is 378. The molecule has 2 heterocycles. The fourth-order valence-electron chi connectivity index (χ4n) is 2.15. The second kappa shape index (κ2) is 4.78. The van der Waals surface area contributed by atoms with Gasteiger partial charge in [-0.3, -0.25) is 9.48 Å². The molecule has 0 atom stereocenters. The van der Waals surface area contributed by atoms with Gasteiger partial charge in [0.05, 0.1) is 5.69 Å². The monoisotopic (exact) mass is 222 g/mol. The molecule has 88 valence electrons. The van der Waals surface area contributed by atoms with Crippen LogP contribution in [0.2, 0.25) is 0 Å². The number of ether oxygens (including phenoxy) is 1. The van der Waals surface area contributed by atoms with Crippen LogP contribution >= 0.6 is 0 Å². The molecule has 0 N–H and O–H groups in total. The van der Waals surface area contributed by atoms with E-state index in [2.05, 4.69) is 5.10 Å². The fourth-order valence-corrected chi connectivity index (χ4v) is 2.15. The normalized spacial score (nSPS) is 17.6. The van der Waals surface area contributed by atoms with E-state index in [9.17, 15) is 4.79 Å². The van der Waals surface area contributed by atoms with E-state index >= 15 is 0 Å². The van der Waals surface area contributed by atoms with Crippen molar-refractivity contribution in [1.29, 1.82) is 0 Å². The van der Waals surface area contributed by atoms with Crippen molar-refractivity contribution in [1.82, 2.24) is 9.78 Å². The lowest BCUT2D eigenvalue weighted by molar-refractivity contribution is 0.0538. The quantitative estimate of drug-likeness (QED) is 0.733. The maximum Gasteiger partial charge on any atom is 0.184 e. The van der Waals surface area contributed by atoms with Crippen LogP contribution in [0.3, 0.4) is 0 Å². The summed E-state index contributed by atoms with van der Waals surface area (Å²) < 4.78 is 7.07. The molecule has 0 saturated carbocycles. The Kier molecular flexibility index (Phi) is 3.39. The van der Waals surface area contributed by atoms with Crippen molar-refractivity contribution in [3.63, 3.8) is 0 Å². The molecule has 0 aromatic carbocycles. The Hall–Kier alpha value is -1.16. The zero-order chi connectivity index (χ0) is 11.5. The summed E-state index contributed by atoms with van der Waals surface area (Å²) in [6, 6.07) is 1.89. The van der Waals surface area contributed by atoms with Crippen LogP contribution in [0, 0.1) is 12.8 Å². The molecule has 4 heteroatoms. The topological polar surface area (TPSA) is 44.1 Å². The van der Waals surface area contributed by atoms with Gasteiger partial charge in [0.2, 0.25) is 0 Å². The maximum absolute atomic E-state index is 12.3. The highest BCUT2D eigenvalue weighted by Gasteiger charge is 2.25. The number of Topliss-reactive ketones (excluding diaryl/α,β-unsaturated/α-hetero) is 1. The van der Waals surface area contributed by atoms with Gasteiger partial charge < -0.3 is 4.74 Å². The number of aryl methyl sites for hydroxylation is 2. The molecule has 1 fully saturated rings. The Labute approximate surface area is 95.6 Å². The van der Waals surface area contributed by atoms with Crippen LogP contribution in [0.5, 0.6) is 0 Å². The van der Waals surface area contributed by atoms with E-state index in [1.165, 1.54) is 0 Å². The van der Waals surface area contributed by atoms with Crippen molar-refractivity contribution in [2.45, 2.75) is 33.2 Å². The van der Waals surface area contributed by atoms with Gasteiger partial charge in [0.1, 0.15) is 5.69 Å². The van der Waals surface area contributed by atoms with Gasteiger partial charge >= 0.3 is 0 Å². The Morgan fingerprint density at radius 1 is 1.56 bits per heavy atom. The molecule has 1 saturated heterocycles. The first-order chi connectivity index (χ1) is 7.72. The molecule has 1 aromatic rings. The molecular weight excluding hydrogens is 204 g/mol. The lowest BCUT2D eigenvalue weighted by Crippen LogP contribution is -2.25. The van der Waals surface area contributed by atoms with Gasteiger partial charge in [0.15, 0.2) is 5.78 Å². The first kappa shape index (κ1) is 11.3. The number of rotatable bonds is 3. The van der Waals surface area contributed by atoms with Gasteiger partial charge in [-0.2, -0.15) is 5.10 Å². The molecule has 1 aliphatic heterocycles. The third-order valence-electron chi connectivity index (χ3n) is 3.05. The molecule has 16 heavy (non-hydrogen) atoms. The predicted molar refractivity (Wildman–Crippen MR) is 60.5 cm³/mol. The fraction of sp³-hybridized carbons (Fsp3) is 0.667. The first-order valence-corrected chi connectivity index (χ1v) is 5.88. The van der Waals surface area contributed by atoms with Gasteiger partial charge in [-0.25, -0.2) is 0 Å². The summed E-state index contributed by atoms with van der Waals surface area (Å²) >= 11 is 0. The minimum Gasteiger partial charge on any atom is -0.381 e. The van der Waals surface area contributed by atoms with Crippen LogP contribution in [0.1, 0.15) is 35.9 Å².